The minimum Gasteiger partial charge on any atom is -0.493 e. The molecule has 0 amide bonds. The highest BCUT2D eigenvalue weighted by Gasteiger charge is 2.26. The first-order valence-electron chi connectivity index (χ1n) is 12.2. The molecule has 1 aliphatic rings. The fourth-order valence-corrected chi connectivity index (χ4v) is 4.09. The molecule has 1 N–H and O–H groups in total. The fraction of sp³-hybridized carbons (Fsp3) is 0.464. The van der Waals surface area contributed by atoms with Gasteiger partial charge in [-0.15, -0.1) is 6.58 Å². The number of rotatable bonds is 14. The first-order chi connectivity index (χ1) is 17.1. The van der Waals surface area contributed by atoms with Crippen molar-refractivity contribution in [2.45, 2.75) is 44.2 Å². The van der Waals surface area contributed by atoms with Gasteiger partial charge < -0.3 is 29.0 Å². The van der Waals surface area contributed by atoms with Gasteiger partial charge in [-0.25, -0.2) is 0 Å². The van der Waals surface area contributed by atoms with Crippen molar-refractivity contribution in [3.63, 3.8) is 0 Å². The number of piperidine rings is 1. The number of hydrogen-bond donors (Lipinski definition) is 1. The Morgan fingerprint density at radius 3 is 2.71 bits per heavy atom. The number of esters is 1. The number of hydrogen-bond acceptors (Lipinski definition) is 7. The molecular formula is C28H37NO6. The minimum absolute atomic E-state index is 0.203. The van der Waals surface area contributed by atoms with Crippen molar-refractivity contribution in [1.29, 1.82) is 0 Å². The van der Waals surface area contributed by atoms with Crippen LogP contribution in [0.5, 0.6) is 17.2 Å². The van der Waals surface area contributed by atoms with Crippen LogP contribution in [-0.4, -0.2) is 52.6 Å². The van der Waals surface area contributed by atoms with Gasteiger partial charge in [0, 0.05) is 0 Å². The third-order valence-electron chi connectivity index (χ3n) is 5.96. The van der Waals surface area contributed by atoms with E-state index in [1.807, 2.05) is 42.5 Å². The molecule has 35 heavy (non-hydrogen) atoms. The molecule has 2 aromatic rings. The number of carbonyl (C=O) groups excluding carboxylic acids is 1. The number of carbonyl (C=O) groups is 1. The number of benzene rings is 2. The molecule has 0 aliphatic carbocycles. The van der Waals surface area contributed by atoms with Gasteiger partial charge in [-0.1, -0.05) is 30.7 Å². The van der Waals surface area contributed by atoms with Gasteiger partial charge >= 0.3 is 5.97 Å². The van der Waals surface area contributed by atoms with Gasteiger partial charge in [0.2, 0.25) is 0 Å². The molecule has 1 fully saturated rings. The Bertz CT molecular complexity index is 941. The first-order valence-corrected chi connectivity index (χ1v) is 12.2. The maximum atomic E-state index is 13.0. The highest BCUT2D eigenvalue weighted by Crippen LogP contribution is 2.31. The summed E-state index contributed by atoms with van der Waals surface area (Å²) in [4.78, 5) is 13.0. The largest absolute Gasteiger partial charge is 0.493 e. The smallest absolute Gasteiger partial charge is 0.323 e. The van der Waals surface area contributed by atoms with E-state index in [1.165, 1.54) is 0 Å². The normalized spacial score (nSPS) is 16.2. The van der Waals surface area contributed by atoms with Crippen LogP contribution in [0.1, 0.15) is 42.9 Å². The molecule has 3 rings (SSSR count). The Hall–Kier alpha value is -3.03. The standard InChI is InChI=1S/C28H37NO6/c1-4-16-33-17-18-34-23-9-7-8-22(20-23)25(35-28(30)24-10-5-6-15-29-24)13-11-21-12-14-26(31-2)27(19-21)32-3/h4,7-9,12,14,19-20,24-25,29H,1,5-6,10-11,13,15-18H2,2-3H3/t24-,25?/m1/s1. The molecule has 1 unspecified atom stereocenters. The zero-order chi connectivity index (χ0) is 24.9. The van der Waals surface area contributed by atoms with E-state index in [-0.39, 0.29) is 12.0 Å². The third-order valence-corrected chi connectivity index (χ3v) is 5.96. The van der Waals surface area contributed by atoms with Crippen LogP contribution in [-0.2, 0) is 20.7 Å². The van der Waals surface area contributed by atoms with Gasteiger partial charge in [0.15, 0.2) is 11.5 Å². The Morgan fingerprint density at radius 1 is 1.11 bits per heavy atom. The number of nitrogens with one attached hydrogen (secondary N) is 1. The maximum absolute atomic E-state index is 13.0. The molecule has 7 nitrogen and oxygen atoms in total. The minimum atomic E-state index is -0.403. The summed E-state index contributed by atoms with van der Waals surface area (Å²) in [6, 6.07) is 13.3. The molecule has 2 aromatic carbocycles. The summed E-state index contributed by atoms with van der Waals surface area (Å²) in [5, 5.41) is 3.28. The van der Waals surface area contributed by atoms with Crippen LogP contribution >= 0.6 is 0 Å². The van der Waals surface area contributed by atoms with E-state index >= 15 is 0 Å². The van der Waals surface area contributed by atoms with Crippen LogP contribution in [0, 0.1) is 0 Å². The Kier molecular flexibility index (Phi) is 10.9. The highest BCUT2D eigenvalue weighted by molar-refractivity contribution is 5.76. The second-order valence-electron chi connectivity index (χ2n) is 8.44. The predicted molar refractivity (Wildman–Crippen MR) is 135 cm³/mol. The summed E-state index contributed by atoms with van der Waals surface area (Å²) in [5.41, 5.74) is 1.98. The Labute approximate surface area is 208 Å². The molecule has 0 bridgehead atoms. The monoisotopic (exact) mass is 483 g/mol. The van der Waals surface area contributed by atoms with Gasteiger partial charge in [0.1, 0.15) is 24.5 Å². The average molecular weight is 484 g/mol. The second-order valence-corrected chi connectivity index (χ2v) is 8.44. The fourth-order valence-electron chi connectivity index (χ4n) is 4.09. The summed E-state index contributed by atoms with van der Waals surface area (Å²) < 4.78 is 28.1. The quantitative estimate of drug-likeness (QED) is 0.238. The van der Waals surface area contributed by atoms with Crippen LogP contribution in [0.4, 0.5) is 0 Å². The van der Waals surface area contributed by atoms with Crippen molar-refractivity contribution in [2.24, 2.45) is 0 Å². The van der Waals surface area contributed by atoms with Gasteiger partial charge in [-0.2, -0.15) is 0 Å². The third kappa shape index (κ3) is 8.30. The van der Waals surface area contributed by atoms with Crippen molar-refractivity contribution in [3.8, 4) is 17.2 Å². The predicted octanol–water partition coefficient (Wildman–Crippen LogP) is 4.64. The van der Waals surface area contributed by atoms with Gasteiger partial charge in [0.05, 0.1) is 27.4 Å². The molecule has 0 spiro atoms. The van der Waals surface area contributed by atoms with E-state index in [0.29, 0.717) is 49.9 Å². The van der Waals surface area contributed by atoms with Crippen LogP contribution in [0.25, 0.3) is 0 Å². The molecule has 2 atom stereocenters. The molecule has 0 radical (unpaired) electrons. The lowest BCUT2D eigenvalue weighted by molar-refractivity contribution is -0.153. The molecule has 0 aromatic heterocycles. The lowest BCUT2D eigenvalue weighted by atomic mass is 10.00. The van der Waals surface area contributed by atoms with Gasteiger partial charge in [-0.05, 0) is 67.6 Å². The molecule has 7 heteroatoms. The lowest BCUT2D eigenvalue weighted by Crippen LogP contribution is -2.41. The molecule has 1 aliphatic heterocycles. The molecule has 1 heterocycles. The maximum Gasteiger partial charge on any atom is 0.323 e. The summed E-state index contributed by atoms with van der Waals surface area (Å²) in [6.45, 7) is 5.87. The SMILES string of the molecule is C=CCOCCOc1cccc(C(CCc2ccc(OC)c(OC)c2)OC(=O)[C@H]2CCCCN2)c1. The number of aryl methyl sites for hydroxylation is 1. The van der Waals surface area contributed by atoms with Crippen LogP contribution in [0.2, 0.25) is 0 Å². The molecule has 190 valence electrons. The highest BCUT2D eigenvalue weighted by atomic mass is 16.5. The topological polar surface area (TPSA) is 75.2 Å². The number of ether oxygens (including phenoxy) is 5. The van der Waals surface area contributed by atoms with Crippen molar-refractivity contribution in [2.75, 3.05) is 40.6 Å². The lowest BCUT2D eigenvalue weighted by Gasteiger charge is -2.26. The molecule has 0 saturated carbocycles. The molecule has 1 saturated heterocycles. The Balaban J connectivity index is 1.71. The summed E-state index contributed by atoms with van der Waals surface area (Å²) in [5.74, 6) is 1.88. The first kappa shape index (κ1) is 26.6. The van der Waals surface area contributed by atoms with Crippen molar-refractivity contribution >= 4 is 5.97 Å². The summed E-state index contributed by atoms with van der Waals surface area (Å²) >= 11 is 0. The van der Waals surface area contributed by atoms with E-state index in [9.17, 15) is 4.79 Å². The zero-order valence-electron chi connectivity index (χ0n) is 20.8. The average Bonchev–Trinajstić information content (AvgIpc) is 2.91. The zero-order valence-corrected chi connectivity index (χ0v) is 20.8. The van der Waals surface area contributed by atoms with Crippen molar-refractivity contribution < 1.29 is 28.5 Å². The van der Waals surface area contributed by atoms with Crippen molar-refractivity contribution in [3.05, 3.63) is 66.2 Å². The summed E-state index contributed by atoms with van der Waals surface area (Å²) in [6.07, 6.45) is 5.55. The van der Waals surface area contributed by atoms with Crippen LogP contribution in [0.15, 0.2) is 55.1 Å². The van der Waals surface area contributed by atoms with Crippen molar-refractivity contribution in [1.82, 2.24) is 5.32 Å². The van der Waals surface area contributed by atoms with E-state index < -0.39 is 6.10 Å². The van der Waals surface area contributed by atoms with Crippen LogP contribution in [0.3, 0.4) is 0 Å². The number of methoxy groups -OCH3 is 2. The molecular weight excluding hydrogens is 446 g/mol. The van der Waals surface area contributed by atoms with E-state index in [2.05, 4.69) is 11.9 Å². The summed E-state index contributed by atoms with van der Waals surface area (Å²) in [7, 11) is 3.24. The van der Waals surface area contributed by atoms with Gasteiger partial charge in [-0.3, -0.25) is 4.79 Å². The van der Waals surface area contributed by atoms with E-state index in [1.54, 1.807) is 20.3 Å². The van der Waals surface area contributed by atoms with E-state index in [4.69, 9.17) is 23.7 Å². The van der Waals surface area contributed by atoms with E-state index in [0.717, 1.165) is 36.9 Å². The van der Waals surface area contributed by atoms with Gasteiger partial charge in [0.25, 0.3) is 0 Å². The van der Waals surface area contributed by atoms with Crippen LogP contribution < -0.4 is 19.5 Å². The second kappa shape index (κ2) is 14.4. The Morgan fingerprint density at radius 2 is 1.97 bits per heavy atom.